The van der Waals surface area contributed by atoms with E-state index in [0.717, 1.165) is 5.56 Å². The first kappa shape index (κ1) is 19.3. The van der Waals surface area contributed by atoms with Crippen LogP contribution in [0.4, 0.5) is 26.2 Å². The molecule has 0 amide bonds. The number of nitrogens with zero attached hydrogens (tertiary/aromatic N) is 2. The number of rotatable bonds is 7. The minimum absolute atomic E-state index is 0.258. The molecule has 8 heteroatoms. The molecule has 2 N–H and O–H groups in total. The Labute approximate surface area is 161 Å². The normalized spacial score (nSPS) is 10.5. The van der Waals surface area contributed by atoms with Crippen molar-refractivity contribution in [3.8, 4) is 11.5 Å². The lowest BCUT2D eigenvalue weighted by Gasteiger charge is -2.12. The first-order valence-electron chi connectivity index (χ1n) is 8.51. The van der Waals surface area contributed by atoms with E-state index in [1.165, 1.54) is 18.2 Å². The third-order valence-electron chi connectivity index (χ3n) is 3.97. The highest BCUT2D eigenvalue weighted by atomic mass is 19.1. The van der Waals surface area contributed by atoms with Crippen LogP contribution < -0.4 is 20.1 Å². The van der Waals surface area contributed by atoms with Crippen LogP contribution in [-0.2, 0) is 6.54 Å². The van der Waals surface area contributed by atoms with Crippen LogP contribution in [0.1, 0.15) is 11.3 Å². The summed E-state index contributed by atoms with van der Waals surface area (Å²) in [5, 5.41) is 5.78. The number of benzene rings is 2. The molecule has 0 spiro atoms. The molecule has 0 aliphatic rings. The van der Waals surface area contributed by atoms with E-state index in [4.69, 9.17) is 9.47 Å². The minimum Gasteiger partial charge on any atom is -0.493 e. The Hall–Kier alpha value is -3.42. The minimum atomic E-state index is -0.698. The average molecular weight is 386 g/mol. The first-order chi connectivity index (χ1) is 13.5. The van der Waals surface area contributed by atoms with E-state index < -0.39 is 11.6 Å². The van der Waals surface area contributed by atoms with E-state index in [-0.39, 0.29) is 11.5 Å². The molecule has 28 heavy (non-hydrogen) atoms. The van der Waals surface area contributed by atoms with Gasteiger partial charge in [-0.2, -0.15) is 4.98 Å². The number of aromatic nitrogens is 2. The zero-order valence-electron chi connectivity index (χ0n) is 15.7. The Bertz CT molecular complexity index is 962. The number of anilines is 3. The molecule has 1 aromatic heterocycles. The van der Waals surface area contributed by atoms with Crippen molar-refractivity contribution < 1.29 is 18.3 Å². The SMILES string of the molecule is COc1ccc(CNc2nc(C)cc(Nc3c(F)cccc3F)n2)cc1OC. The van der Waals surface area contributed by atoms with E-state index in [2.05, 4.69) is 20.6 Å². The summed E-state index contributed by atoms with van der Waals surface area (Å²) in [6.07, 6.45) is 0. The lowest BCUT2D eigenvalue weighted by molar-refractivity contribution is 0.354. The standard InChI is InChI=1S/C20H20F2N4O2/c1-12-9-18(25-19-14(21)5-4-6-15(19)22)26-20(24-12)23-11-13-7-8-16(27-2)17(10-13)28-3/h4-10H,11H2,1-3H3,(H2,23,24,25,26). The van der Waals surface area contributed by atoms with Gasteiger partial charge < -0.3 is 20.1 Å². The summed E-state index contributed by atoms with van der Waals surface area (Å²) >= 11 is 0. The van der Waals surface area contributed by atoms with E-state index in [1.807, 2.05) is 12.1 Å². The lowest BCUT2D eigenvalue weighted by atomic mass is 10.2. The number of nitrogens with one attached hydrogen (secondary N) is 2. The van der Waals surface area contributed by atoms with Gasteiger partial charge in [0, 0.05) is 18.3 Å². The smallest absolute Gasteiger partial charge is 0.225 e. The summed E-state index contributed by atoms with van der Waals surface area (Å²) in [6.45, 7) is 2.20. The number of halogens is 2. The monoisotopic (exact) mass is 386 g/mol. The fourth-order valence-corrected chi connectivity index (χ4v) is 2.63. The predicted molar refractivity (Wildman–Crippen MR) is 103 cm³/mol. The van der Waals surface area contributed by atoms with Crippen LogP contribution in [0.15, 0.2) is 42.5 Å². The molecule has 0 aliphatic carbocycles. The Morgan fingerprint density at radius 1 is 0.929 bits per heavy atom. The van der Waals surface area contributed by atoms with Crippen LogP contribution in [-0.4, -0.2) is 24.2 Å². The van der Waals surface area contributed by atoms with Gasteiger partial charge in [-0.25, -0.2) is 13.8 Å². The maximum Gasteiger partial charge on any atom is 0.225 e. The van der Waals surface area contributed by atoms with Crippen LogP contribution >= 0.6 is 0 Å². The molecule has 6 nitrogen and oxygen atoms in total. The number of ether oxygens (including phenoxy) is 2. The Morgan fingerprint density at radius 2 is 1.64 bits per heavy atom. The van der Waals surface area contributed by atoms with Crippen LogP contribution in [0.3, 0.4) is 0 Å². The largest absolute Gasteiger partial charge is 0.493 e. The zero-order chi connectivity index (χ0) is 20.1. The van der Waals surface area contributed by atoms with Gasteiger partial charge in [0.25, 0.3) is 0 Å². The highest BCUT2D eigenvalue weighted by molar-refractivity contribution is 5.59. The number of para-hydroxylation sites is 1. The Balaban J connectivity index is 1.77. The van der Waals surface area contributed by atoms with Crippen molar-refractivity contribution >= 4 is 17.5 Å². The van der Waals surface area contributed by atoms with Crippen molar-refractivity contribution in [2.24, 2.45) is 0 Å². The third-order valence-corrected chi connectivity index (χ3v) is 3.97. The number of methoxy groups -OCH3 is 2. The lowest BCUT2D eigenvalue weighted by Crippen LogP contribution is -2.07. The second kappa shape index (κ2) is 8.51. The van der Waals surface area contributed by atoms with E-state index >= 15 is 0 Å². The average Bonchev–Trinajstić information content (AvgIpc) is 2.68. The third kappa shape index (κ3) is 4.46. The van der Waals surface area contributed by atoms with Crippen LogP contribution in [0.25, 0.3) is 0 Å². The molecule has 0 saturated carbocycles. The molecule has 0 radical (unpaired) electrons. The van der Waals surface area contributed by atoms with Gasteiger partial charge in [-0.15, -0.1) is 0 Å². The van der Waals surface area contributed by atoms with E-state index in [1.54, 1.807) is 33.3 Å². The summed E-state index contributed by atoms with van der Waals surface area (Å²) in [6, 6.07) is 10.8. The number of hydrogen-bond donors (Lipinski definition) is 2. The summed E-state index contributed by atoms with van der Waals surface area (Å²) in [7, 11) is 3.14. The number of aryl methyl sites for hydroxylation is 1. The second-order valence-electron chi connectivity index (χ2n) is 5.98. The molecule has 0 fully saturated rings. The highest BCUT2D eigenvalue weighted by Gasteiger charge is 2.11. The van der Waals surface area contributed by atoms with Crippen molar-refractivity contribution in [2.45, 2.75) is 13.5 Å². The van der Waals surface area contributed by atoms with Gasteiger partial charge in [0.2, 0.25) is 5.95 Å². The summed E-state index contributed by atoms with van der Waals surface area (Å²) in [4.78, 5) is 8.59. The molecule has 0 bridgehead atoms. The van der Waals surface area contributed by atoms with Gasteiger partial charge in [0.15, 0.2) is 11.5 Å². The molecule has 146 valence electrons. The Kier molecular flexibility index (Phi) is 5.88. The summed E-state index contributed by atoms with van der Waals surface area (Å²) in [5.41, 5.74) is 1.31. The zero-order valence-corrected chi connectivity index (χ0v) is 15.7. The molecule has 0 saturated heterocycles. The van der Waals surface area contributed by atoms with Crippen molar-refractivity contribution in [2.75, 3.05) is 24.9 Å². The van der Waals surface area contributed by atoms with E-state index in [0.29, 0.717) is 29.7 Å². The fraction of sp³-hybridized carbons (Fsp3) is 0.200. The molecular weight excluding hydrogens is 366 g/mol. The van der Waals surface area contributed by atoms with Gasteiger partial charge in [0.05, 0.1) is 14.2 Å². The molecule has 3 aromatic rings. The van der Waals surface area contributed by atoms with Crippen LogP contribution in [0.2, 0.25) is 0 Å². The number of hydrogen-bond acceptors (Lipinski definition) is 6. The summed E-state index contributed by atoms with van der Waals surface area (Å²) in [5.74, 6) is 0.466. The second-order valence-corrected chi connectivity index (χ2v) is 5.98. The molecule has 1 heterocycles. The van der Waals surface area contributed by atoms with Crippen molar-refractivity contribution in [3.05, 3.63) is 65.4 Å². The van der Waals surface area contributed by atoms with Gasteiger partial charge in [-0.05, 0) is 36.8 Å². The van der Waals surface area contributed by atoms with Crippen LogP contribution in [0, 0.1) is 18.6 Å². The van der Waals surface area contributed by atoms with Crippen molar-refractivity contribution in [1.29, 1.82) is 0 Å². The predicted octanol–water partition coefficient (Wildman–Crippen LogP) is 4.44. The molecular formula is C20H20F2N4O2. The maximum absolute atomic E-state index is 13.9. The fourth-order valence-electron chi connectivity index (χ4n) is 2.63. The highest BCUT2D eigenvalue weighted by Crippen LogP contribution is 2.28. The Morgan fingerprint density at radius 3 is 2.32 bits per heavy atom. The topological polar surface area (TPSA) is 68.3 Å². The molecule has 3 rings (SSSR count). The van der Waals surface area contributed by atoms with Crippen LogP contribution in [0.5, 0.6) is 11.5 Å². The quantitative estimate of drug-likeness (QED) is 0.626. The van der Waals surface area contributed by atoms with Gasteiger partial charge in [-0.3, -0.25) is 0 Å². The van der Waals surface area contributed by atoms with Crippen molar-refractivity contribution in [3.63, 3.8) is 0 Å². The molecule has 0 unspecified atom stereocenters. The maximum atomic E-state index is 13.9. The summed E-state index contributed by atoms with van der Waals surface area (Å²) < 4.78 is 38.2. The molecule has 2 aromatic carbocycles. The first-order valence-corrected chi connectivity index (χ1v) is 8.51. The molecule has 0 aliphatic heterocycles. The van der Waals surface area contributed by atoms with E-state index in [9.17, 15) is 8.78 Å². The van der Waals surface area contributed by atoms with Gasteiger partial charge >= 0.3 is 0 Å². The van der Waals surface area contributed by atoms with Crippen molar-refractivity contribution in [1.82, 2.24) is 9.97 Å². The van der Waals surface area contributed by atoms with Gasteiger partial charge in [0.1, 0.15) is 23.1 Å². The molecule has 0 atom stereocenters. The van der Waals surface area contributed by atoms with Gasteiger partial charge in [-0.1, -0.05) is 12.1 Å².